The zero-order chi connectivity index (χ0) is 8.84. The summed E-state index contributed by atoms with van der Waals surface area (Å²) >= 11 is 0. The molecule has 13 heavy (non-hydrogen) atoms. The van der Waals surface area contributed by atoms with E-state index in [1.54, 1.807) is 0 Å². The highest BCUT2D eigenvalue weighted by atomic mass is 16.1. The van der Waals surface area contributed by atoms with Crippen molar-refractivity contribution in [1.29, 1.82) is 0 Å². The Labute approximate surface area is 75.1 Å². The first-order chi connectivity index (χ1) is 6.36. The largest absolute Gasteiger partial charge is 0.343 e. The Kier molecular flexibility index (Phi) is 1.38. The second-order valence-electron chi connectivity index (χ2n) is 3.84. The van der Waals surface area contributed by atoms with Gasteiger partial charge in [-0.25, -0.2) is 9.89 Å². The summed E-state index contributed by atoms with van der Waals surface area (Å²) in [7, 11) is 0. The Balaban J connectivity index is 2.03. The minimum absolute atomic E-state index is 0.0478. The predicted octanol–water partition coefficient (Wildman–Crippen LogP) is -0.407. The summed E-state index contributed by atoms with van der Waals surface area (Å²) in [5, 5.41) is 9.78. The maximum absolute atomic E-state index is 11.4. The first kappa shape index (κ1) is 7.32. The molecule has 5 nitrogen and oxygen atoms in total. The van der Waals surface area contributed by atoms with Crippen LogP contribution in [0, 0.1) is 0 Å². The monoisotopic (exact) mass is 180 g/mol. The van der Waals surface area contributed by atoms with E-state index in [9.17, 15) is 4.79 Å². The molecule has 0 bridgehead atoms. The van der Waals surface area contributed by atoms with Gasteiger partial charge < -0.3 is 5.32 Å². The lowest BCUT2D eigenvalue weighted by molar-refractivity contribution is 0.328. The number of aromatic amines is 1. The van der Waals surface area contributed by atoms with Crippen LogP contribution in [0.15, 0.2) is 4.79 Å². The summed E-state index contributed by atoms with van der Waals surface area (Å²) in [4.78, 5) is 11.4. The fraction of sp³-hybridized carbons (Fsp3) is 0.750. The smallest absolute Gasteiger partial charge is 0.313 e. The van der Waals surface area contributed by atoms with Crippen molar-refractivity contribution in [3.05, 3.63) is 16.3 Å². The molecule has 0 aromatic carbocycles. The summed E-state index contributed by atoms with van der Waals surface area (Å²) in [6, 6.07) is 0.335. The molecule has 1 aliphatic carbocycles. The van der Waals surface area contributed by atoms with Gasteiger partial charge in [0.25, 0.3) is 0 Å². The summed E-state index contributed by atoms with van der Waals surface area (Å²) in [6.07, 6.45) is 2.37. The van der Waals surface area contributed by atoms with E-state index >= 15 is 0 Å². The van der Waals surface area contributed by atoms with Gasteiger partial charge in [-0.15, -0.1) is 0 Å². The van der Waals surface area contributed by atoms with Crippen LogP contribution < -0.4 is 11.0 Å². The lowest BCUT2D eigenvalue weighted by Crippen LogP contribution is -2.47. The molecule has 0 amide bonds. The summed E-state index contributed by atoms with van der Waals surface area (Å²) in [5.74, 6) is 1.51. The normalized spacial score (nSPS) is 23.1. The van der Waals surface area contributed by atoms with Crippen LogP contribution >= 0.6 is 0 Å². The molecule has 5 heteroatoms. The molecule has 70 valence electrons. The zero-order valence-electron chi connectivity index (χ0n) is 7.29. The van der Waals surface area contributed by atoms with E-state index in [-0.39, 0.29) is 5.69 Å². The number of hydrogen-bond acceptors (Lipinski definition) is 3. The Bertz CT molecular complexity index is 372. The quantitative estimate of drug-likeness (QED) is 0.650. The molecule has 2 fully saturated rings. The minimum atomic E-state index is -0.0478. The first-order valence-corrected chi connectivity index (χ1v) is 4.74. The van der Waals surface area contributed by atoms with Gasteiger partial charge in [0.1, 0.15) is 5.82 Å². The fourth-order valence-corrected chi connectivity index (χ4v) is 1.76. The number of nitrogens with one attached hydrogen (secondary N) is 2. The van der Waals surface area contributed by atoms with E-state index in [1.165, 1.54) is 12.8 Å². The van der Waals surface area contributed by atoms with Gasteiger partial charge in [0, 0.05) is 19.0 Å². The zero-order valence-corrected chi connectivity index (χ0v) is 7.29. The Morgan fingerprint density at radius 3 is 2.69 bits per heavy atom. The van der Waals surface area contributed by atoms with Gasteiger partial charge in [0.2, 0.25) is 0 Å². The van der Waals surface area contributed by atoms with Crippen molar-refractivity contribution < 1.29 is 0 Å². The van der Waals surface area contributed by atoms with Crippen molar-refractivity contribution in [2.24, 2.45) is 0 Å². The van der Waals surface area contributed by atoms with E-state index in [1.807, 2.05) is 4.57 Å². The summed E-state index contributed by atoms with van der Waals surface area (Å²) in [5.41, 5.74) is -0.0478. The van der Waals surface area contributed by atoms with E-state index in [4.69, 9.17) is 0 Å². The first-order valence-electron chi connectivity index (χ1n) is 4.74. The topological polar surface area (TPSA) is 62.7 Å². The van der Waals surface area contributed by atoms with Crippen LogP contribution in [-0.2, 0) is 0 Å². The van der Waals surface area contributed by atoms with Gasteiger partial charge >= 0.3 is 5.69 Å². The Morgan fingerprint density at radius 1 is 1.38 bits per heavy atom. The number of rotatable bonds is 2. The minimum Gasteiger partial charge on any atom is -0.313 e. The van der Waals surface area contributed by atoms with Crippen LogP contribution in [0.3, 0.4) is 0 Å². The lowest BCUT2D eigenvalue weighted by Gasteiger charge is -2.28. The Morgan fingerprint density at radius 2 is 2.15 bits per heavy atom. The molecular formula is C8H12N4O. The SMILES string of the molecule is O=c1[nH]nc(C2CC2)n1C1CNC1. The maximum Gasteiger partial charge on any atom is 0.343 e. The average Bonchev–Trinajstić information content (AvgIpc) is 2.78. The molecule has 3 rings (SSSR count). The van der Waals surface area contributed by atoms with Gasteiger partial charge in [0.05, 0.1) is 6.04 Å². The molecule has 0 spiro atoms. The number of hydrogen-bond donors (Lipinski definition) is 2. The van der Waals surface area contributed by atoms with Crippen LogP contribution in [-0.4, -0.2) is 27.9 Å². The van der Waals surface area contributed by atoms with Crippen LogP contribution in [0.5, 0.6) is 0 Å². The second kappa shape index (κ2) is 2.45. The highest BCUT2D eigenvalue weighted by Gasteiger charge is 2.33. The third-order valence-corrected chi connectivity index (χ3v) is 2.80. The molecule has 1 saturated heterocycles. The number of aromatic nitrogens is 3. The van der Waals surface area contributed by atoms with E-state index < -0.39 is 0 Å². The van der Waals surface area contributed by atoms with Gasteiger partial charge in [0.15, 0.2) is 0 Å². The molecule has 2 N–H and O–H groups in total. The highest BCUT2D eigenvalue weighted by Crippen LogP contribution is 2.39. The number of nitrogens with zero attached hydrogens (tertiary/aromatic N) is 2. The molecule has 1 saturated carbocycles. The molecule has 1 aromatic rings. The molecule has 0 radical (unpaired) electrons. The van der Waals surface area contributed by atoms with Crippen LogP contribution in [0.2, 0.25) is 0 Å². The van der Waals surface area contributed by atoms with E-state index in [0.717, 1.165) is 18.9 Å². The van der Waals surface area contributed by atoms with Crippen molar-refractivity contribution >= 4 is 0 Å². The third-order valence-electron chi connectivity index (χ3n) is 2.80. The number of H-pyrrole nitrogens is 1. The van der Waals surface area contributed by atoms with E-state index in [2.05, 4.69) is 15.5 Å². The maximum atomic E-state index is 11.4. The van der Waals surface area contributed by atoms with Gasteiger partial charge in [-0.05, 0) is 12.8 Å². The molecule has 1 aromatic heterocycles. The van der Waals surface area contributed by atoms with Gasteiger partial charge in [-0.1, -0.05) is 0 Å². The molecule has 2 aliphatic rings. The third kappa shape index (κ3) is 1.03. The highest BCUT2D eigenvalue weighted by molar-refractivity contribution is 5.07. The Hall–Kier alpha value is -1.10. The van der Waals surface area contributed by atoms with Gasteiger partial charge in [-0.3, -0.25) is 4.57 Å². The second-order valence-corrected chi connectivity index (χ2v) is 3.84. The lowest BCUT2D eigenvalue weighted by atomic mass is 10.1. The van der Waals surface area contributed by atoms with Crippen molar-refractivity contribution in [1.82, 2.24) is 20.1 Å². The average molecular weight is 180 g/mol. The summed E-state index contributed by atoms with van der Waals surface area (Å²) < 4.78 is 1.83. The van der Waals surface area contributed by atoms with Crippen LogP contribution in [0.1, 0.15) is 30.6 Å². The van der Waals surface area contributed by atoms with Crippen molar-refractivity contribution in [2.45, 2.75) is 24.8 Å². The molecular weight excluding hydrogens is 168 g/mol. The van der Waals surface area contributed by atoms with Gasteiger partial charge in [-0.2, -0.15) is 5.10 Å². The van der Waals surface area contributed by atoms with Crippen molar-refractivity contribution in [3.8, 4) is 0 Å². The van der Waals surface area contributed by atoms with Crippen LogP contribution in [0.25, 0.3) is 0 Å². The fourth-order valence-electron chi connectivity index (χ4n) is 1.76. The summed E-state index contributed by atoms with van der Waals surface area (Å²) in [6.45, 7) is 1.80. The molecule has 0 atom stereocenters. The van der Waals surface area contributed by atoms with Crippen molar-refractivity contribution in [3.63, 3.8) is 0 Å². The standard InChI is InChI=1S/C8H12N4O/c13-8-11-10-7(5-1-2-5)12(8)6-3-9-4-6/h5-6,9H,1-4H2,(H,11,13). The van der Waals surface area contributed by atoms with Crippen molar-refractivity contribution in [2.75, 3.05) is 13.1 Å². The molecule has 0 unspecified atom stereocenters. The predicted molar refractivity (Wildman–Crippen MR) is 46.7 cm³/mol. The van der Waals surface area contributed by atoms with Crippen LogP contribution in [0.4, 0.5) is 0 Å². The van der Waals surface area contributed by atoms with E-state index in [0.29, 0.717) is 12.0 Å². The molecule has 2 heterocycles. The molecule has 1 aliphatic heterocycles.